The summed E-state index contributed by atoms with van der Waals surface area (Å²) >= 11 is 12.1. The van der Waals surface area contributed by atoms with E-state index in [4.69, 9.17) is 28.9 Å². The number of aromatic nitrogens is 1. The minimum Gasteiger partial charge on any atom is -0.323 e. The van der Waals surface area contributed by atoms with Gasteiger partial charge in [0.05, 0.1) is 15.7 Å². The molecule has 21 heavy (non-hydrogen) atoms. The lowest BCUT2D eigenvalue weighted by Gasteiger charge is -2.27. The summed E-state index contributed by atoms with van der Waals surface area (Å²) in [5.41, 5.74) is 9.97. The first-order chi connectivity index (χ1) is 10.1. The highest BCUT2D eigenvalue weighted by molar-refractivity contribution is 6.34. The van der Waals surface area contributed by atoms with Gasteiger partial charge in [-0.15, -0.1) is 0 Å². The summed E-state index contributed by atoms with van der Waals surface area (Å²) in [7, 11) is 0. The van der Waals surface area contributed by atoms with Crippen molar-refractivity contribution in [3.8, 4) is 0 Å². The SMILES string of the molecule is NC(CC1CCCc2ccccc21)c1ncc(Cl)cc1Cl. The molecule has 0 aliphatic heterocycles. The van der Waals surface area contributed by atoms with E-state index >= 15 is 0 Å². The average molecular weight is 321 g/mol. The molecule has 1 aliphatic carbocycles. The lowest BCUT2D eigenvalue weighted by atomic mass is 9.79. The summed E-state index contributed by atoms with van der Waals surface area (Å²) < 4.78 is 0. The Bertz CT molecular complexity index is 642. The van der Waals surface area contributed by atoms with E-state index in [1.165, 1.54) is 30.4 Å². The van der Waals surface area contributed by atoms with Crippen LogP contribution in [0.5, 0.6) is 0 Å². The molecule has 0 saturated heterocycles. The number of fused-ring (bicyclic) bond motifs is 1. The number of halogens is 2. The van der Waals surface area contributed by atoms with Gasteiger partial charge in [-0.1, -0.05) is 47.5 Å². The van der Waals surface area contributed by atoms with Crippen LogP contribution in [0.3, 0.4) is 0 Å². The molecule has 3 rings (SSSR count). The van der Waals surface area contributed by atoms with E-state index in [9.17, 15) is 0 Å². The van der Waals surface area contributed by atoms with Crippen LogP contribution in [0.25, 0.3) is 0 Å². The zero-order chi connectivity index (χ0) is 14.8. The summed E-state index contributed by atoms with van der Waals surface area (Å²) in [6, 6.07) is 10.2. The maximum atomic E-state index is 6.34. The Kier molecular flexibility index (Phi) is 4.48. The molecule has 1 aromatic heterocycles. The van der Waals surface area contributed by atoms with Gasteiger partial charge in [0.1, 0.15) is 0 Å². The van der Waals surface area contributed by atoms with Crippen molar-refractivity contribution in [2.24, 2.45) is 5.73 Å². The summed E-state index contributed by atoms with van der Waals surface area (Å²) in [6.07, 6.45) is 6.04. The number of aryl methyl sites for hydroxylation is 1. The minimum atomic E-state index is -0.161. The third-order valence-electron chi connectivity index (χ3n) is 4.22. The lowest BCUT2D eigenvalue weighted by molar-refractivity contribution is 0.471. The summed E-state index contributed by atoms with van der Waals surface area (Å²) in [5.74, 6) is 0.485. The molecule has 2 unspecified atom stereocenters. The highest BCUT2D eigenvalue weighted by Gasteiger charge is 2.24. The van der Waals surface area contributed by atoms with Crippen LogP contribution in [0.15, 0.2) is 36.5 Å². The first-order valence-corrected chi connectivity index (χ1v) is 8.05. The number of nitrogens with two attached hydrogens (primary N) is 1. The third kappa shape index (κ3) is 3.23. The maximum absolute atomic E-state index is 6.34. The largest absolute Gasteiger partial charge is 0.323 e. The van der Waals surface area contributed by atoms with E-state index in [0.717, 1.165) is 12.1 Å². The summed E-state index contributed by atoms with van der Waals surface area (Å²) in [4.78, 5) is 4.31. The number of benzene rings is 1. The van der Waals surface area contributed by atoms with E-state index in [-0.39, 0.29) is 6.04 Å². The lowest BCUT2D eigenvalue weighted by Crippen LogP contribution is -2.19. The molecule has 2 N–H and O–H groups in total. The Morgan fingerprint density at radius 1 is 1.29 bits per heavy atom. The minimum absolute atomic E-state index is 0.161. The van der Waals surface area contributed by atoms with Crippen LogP contribution in [0.4, 0.5) is 0 Å². The van der Waals surface area contributed by atoms with Crippen molar-refractivity contribution in [2.45, 2.75) is 37.6 Å². The van der Waals surface area contributed by atoms with Gasteiger partial charge in [-0.2, -0.15) is 0 Å². The van der Waals surface area contributed by atoms with Crippen molar-refractivity contribution in [2.75, 3.05) is 0 Å². The second-order valence-corrected chi connectivity index (χ2v) is 6.49. The number of hydrogen-bond acceptors (Lipinski definition) is 2. The molecule has 0 fully saturated rings. The van der Waals surface area contributed by atoms with Crippen molar-refractivity contribution >= 4 is 23.2 Å². The molecule has 0 bridgehead atoms. The van der Waals surface area contributed by atoms with Gasteiger partial charge in [0.15, 0.2) is 0 Å². The van der Waals surface area contributed by atoms with Crippen molar-refractivity contribution in [1.82, 2.24) is 4.98 Å². The van der Waals surface area contributed by atoms with Crippen LogP contribution in [0.2, 0.25) is 10.0 Å². The van der Waals surface area contributed by atoms with Crippen LogP contribution < -0.4 is 5.73 Å². The van der Waals surface area contributed by atoms with Gasteiger partial charge in [-0.3, -0.25) is 4.98 Å². The third-order valence-corrected chi connectivity index (χ3v) is 4.73. The second-order valence-electron chi connectivity index (χ2n) is 5.65. The fraction of sp³-hybridized carbons (Fsp3) is 0.353. The van der Waals surface area contributed by atoms with Crippen LogP contribution >= 0.6 is 23.2 Å². The first-order valence-electron chi connectivity index (χ1n) is 7.29. The molecule has 2 atom stereocenters. The zero-order valence-corrected chi connectivity index (χ0v) is 13.2. The van der Waals surface area contributed by atoms with Crippen molar-refractivity contribution in [3.05, 3.63) is 63.4 Å². The van der Waals surface area contributed by atoms with E-state index < -0.39 is 0 Å². The van der Waals surface area contributed by atoms with Crippen LogP contribution in [0.1, 0.15) is 48.0 Å². The van der Waals surface area contributed by atoms with Gasteiger partial charge in [0, 0.05) is 12.2 Å². The fourth-order valence-electron chi connectivity index (χ4n) is 3.22. The van der Waals surface area contributed by atoms with Gasteiger partial charge < -0.3 is 5.73 Å². The van der Waals surface area contributed by atoms with Gasteiger partial charge in [0.2, 0.25) is 0 Å². The molecule has 1 aromatic carbocycles. The molecule has 1 heterocycles. The van der Waals surface area contributed by atoms with E-state index in [1.807, 2.05) is 0 Å². The molecule has 2 nitrogen and oxygen atoms in total. The first kappa shape index (κ1) is 14.8. The molecule has 4 heteroatoms. The van der Waals surface area contributed by atoms with Crippen LogP contribution in [-0.2, 0) is 6.42 Å². The topological polar surface area (TPSA) is 38.9 Å². The molecule has 1 aliphatic rings. The number of rotatable bonds is 3. The van der Waals surface area contributed by atoms with Crippen molar-refractivity contribution in [3.63, 3.8) is 0 Å². The van der Waals surface area contributed by atoms with Crippen molar-refractivity contribution in [1.29, 1.82) is 0 Å². The maximum Gasteiger partial charge on any atom is 0.0758 e. The Morgan fingerprint density at radius 3 is 2.90 bits per heavy atom. The Labute approximate surface area is 135 Å². The molecular formula is C17H18Cl2N2. The Morgan fingerprint density at radius 2 is 2.10 bits per heavy atom. The molecular weight excluding hydrogens is 303 g/mol. The highest BCUT2D eigenvalue weighted by Crippen LogP contribution is 2.37. The summed E-state index contributed by atoms with van der Waals surface area (Å²) in [5, 5.41) is 1.10. The van der Waals surface area contributed by atoms with Crippen LogP contribution in [0, 0.1) is 0 Å². The predicted molar refractivity (Wildman–Crippen MR) is 87.9 cm³/mol. The highest BCUT2D eigenvalue weighted by atomic mass is 35.5. The number of pyridine rings is 1. The Balaban J connectivity index is 1.81. The molecule has 0 radical (unpaired) electrons. The van der Waals surface area contributed by atoms with Gasteiger partial charge >= 0.3 is 0 Å². The number of hydrogen-bond donors (Lipinski definition) is 1. The number of nitrogens with zero attached hydrogens (tertiary/aromatic N) is 1. The molecule has 0 amide bonds. The fourth-order valence-corrected chi connectivity index (χ4v) is 3.74. The van der Waals surface area contributed by atoms with Gasteiger partial charge in [-0.25, -0.2) is 0 Å². The van der Waals surface area contributed by atoms with Gasteiger partial charge in [-0.05, 0) is 48.8 Å². The predicted octanol–water partition coefficient (Wildman–Crippen LogP) is 4.90. The van der Waals surface area contributed by atoms with Crippen molar-refractivity contribution < 1.29 is 0 Å². The van der Waals surface area contributed by atoms with Gasteiger partial charge in [0.25, 0.3) is 0 Å². The van der Waals surface area contributed by atoms with E-state index in [0.29, 0.717) is 16.0 Å². The standard InChI is InChI=1S/C17H18Cl2N2/c18-13-9-15(19)17(21-10-13)16(20)8-12-6-3-5-11-4-1-2-7-14(11)12/h1-2,4,7,9-10,12,16H,3,5-6,8,20H2. The normalized spacial score (nSPS) is 19.1. The second kappa shape index (κ2) is 6.35. The zero-order valence-electron chi connectivity index (χ0n) is 11.7. The molecule has 110 valence electrons. The quantitative estimate of drug-likeness (QED) is 0.873. The Hall–Kier alpha value is -1.09. The monoisotopic (exact) mass is 320 g/mol. The average Bonchev–Trinajstić information content (AvgIpc) is 2.47. The smallest absolute Gasteiger partial charge is 0.0758 e. The van der Waals surface area contributed by atoms with E-state index in [2.05, 4.69) is 29.2 Å². The molecule has 2 aromatic rings. The molecule has 0 spiro atoms. The summed E-state index contributed by atoms with van der Waals surface area (Å²) in [6.45, 7) is 0. The van der Waals surface area contributed by atoms with E-state index in [1.54, 1.807) is 12.3 Å². The van der Waals surface area contributed by atoms with Crippen LogP contribution in [-0.4, -0.2) is 4.98 Å². The molecule has 0 saturated carbocycles.